The molecule has 1 aromatic heterocycles. The average molecular weight is 322 g/mol. The summed E-state index contributed by atoms with van der Waals surface area (Å²) in [6.45, 7) is 0.674. The molecule has 0 bridgehead atoms. The van der Waals surface area contributed by atoms with Gasteiger partial charge in [0.05, 0.1) is 9.50 Å². The standard InChI is InChI=1S/C10H10BrClN2OS/c11-7-3-13-9(2-8(7)12)14-4-6(5-16)1-10(14)15/h2-3,6,16H,1,4-5H2. The van der Waals surface area contributed by atoms with Crippen LogP contribution in [0.3, 0.4) is 0 Å². The molecule has 0 radical (unpaired) electrons. The molecule has 2 rings (SSSR count). The summed E-state index contributed by atoms with van der Waals surface area (Å²) >= 11 is 13.5. The van der Waals surface area contributed by atoms with Gasteiger partial charge < -0.3 is 0 Å². The number of thiol groups is 1. The van der Waals surface area contributed by atoms with Crippen molar-refractivity contribution in [3.63, 3.8) is 0 Å². The molecule has 1 amide bonds. The van der Waals surface area contributed by atoms with Gasteiger partial charge in [-0.1, -0.05) is 11.6 Å². The average Bonchev–Trinajstić information content (AvgIpc) is 2.64. The van der Waals surface area contributed by atoms with Crippen molar-refractivity contribution < 1.29 is 4.79 Å². The minimum Gasteiger partial charge on any atom is -0.296 e. The molecule has 1 unspecified atom stereocenters. The van der Waals surface area contributed by atoms with Crippen LogP contribution in [-0.4, -0.2) is 23.2 Å². The highest BCUT2D eigenvalue weighted by Crippen LogP contribution is 2.29. The Kier molecular flexibility index (Phi) is 3.77. The molecule has 6 heteroatoms. The molecular weight excluding hydrogens is 312 g/mol. The second kappa shape index (κ2) is 4.94. The lowest BCUT2D eigenvalue weighted by Gasteiger charge is -2.15. The van der Waals surface area contributed by atoms with E-state index in [1.54, 1.807) is 17.2 Å². The molecule has 0 saturated carbocycles. The zero-order chi connectivity index (χ0) is 11.7. The summed E-state index contributed by atoms with van der Waals surface area (Å²) in [6, 6.07) is 1.70. The topological polar surface area (TPSA) is 33.2 Å². The number of halogens is 2. The molecule has 0 spiro atoms. The van der Waals surface area contributed by atoms with Crippen LogP contribution in [-0.2, 0) is 4.79 Å². The van der Waals surface area contributed by atoms with E-state index in [4.69, 9.17) is 11.6 Å². The van der Waals surface area contributed by atoms with Gasteiger partial charge in [-0.3, -0.25) is 9.69 Å². The molecule has 16 heavy (non-hydrogen) atoms. The highest BCUT2D eigenvalue weighted by atomic mass is 79.9. The van der Waals surface area contributed by atoms with Crippen LogP contribution < -0.4 is 4.90 Å². The molecule has 3 nitrogen and oxygen atoms in total. The van der Waals surface area contributed by atoms with Crippen LogP contribution in [0.1, 0.15) is 6.42 Å². The monoisotopic (exact) mass is 320 g/mol. The van der Waals surface area contributed by atoms with Crippen molar-refractivity contribution in [3.05, 3.63) is 21.8 Å². The van der Waals surface area contributed by atoms with Crippen molar-refractivity contribution in [1.82, 2.24) is 4.98 Å². The van der Waals surface area contributed by atoms with Gasteiger partial charge in [-0.05, 0) is 27.6 Å². The van der Waals surface area contributed by atoms with Gasteiger partial charge in [-0.15, -0.1) is 0 Å². The lowest BCUT2D eigenvalue weighted by molar-refractivity contribution is -0.117. The molecule has 86 valence electrons. The van der Waals surface area contributed by atoms with E-state index >= 15 is 0 Å². The second-order valence-corrected chi connectivity index (χ2v) is 5.34. The first kappa shape index (κ1) is 12.2. The predicted octanol–water partition coefficient (Wildman–Crippen LogP) is 2.78. The third kappa shape index (κ3) is 2.36. The van der Waals surface area contributed by atoms with Crippen LogP contribution in [0.15, 0.2) is 16.7 Å². The minimum atomic E-state index is 0.0879. The van der Waals surface area contributed by atoms with Crippen LogP contribution in [0, 0.1) is 5.92 Å². The number of aromatic nitrogens is 1. The Labute approximate surface area is 113 Å². The highest BCUT2D eigenvalue weighted by molar-refractivity contribution is 9.10. The Hall–Kier alpha value is -0.260. The molecule has 0 N–H and O–H groups in total. The fourth-order valence-corrected chi connectivity index (χ4v) is 2.28. The van der Waals surface area contributed by atoms with E-state index in [-0.39, 0.29) is 5.91 Å². The molecule has 2 heterocycles. The zero-order valence-corrected chi connectivity index (χ0v) is 11.6. The number of rotatable bonds is 2. The van der Waals surface area contributed by atoms with Gasteiger partial charge in [0.1, 0.15) is 5.82 Å². The fraction of sp³-hybridized carbons (Fsp3) is 0.400. The van der Waals surface area contributed by atoms with E-state index in [0.717, 1.165) is 4.47 Å². The molecule has 0 aromatic carbocycles. The van der Waals surface area contributed by atoms with Gasteiger partial charge in [0.15, 0.2) is 0 Å². The molecule has 1 aliphatic rings. The Bertz CT molecular complexity index is 429. The number of nitrogens with zero attached hydrogens (tertiary/aromatic N) is 2. The van der Waals surface area contributed by atoms with Crippen molar-refractivity contribution in [3.8, 4) is 0 Å². The largest absolute Gasteiger partial charge is 0.296 e. The van der Waals surface area contributed by atoms with Crippen LogP contribution in [0.25, 0.3) is 0 Å². The quantitative estimate of drug-likeness (QED) is 0.850. The van der Waals surface area contributed by atoms with Crippen molar-refractivity contribution in [1.29, 1.82) is 0 Å². The molecule has 1 atom stereocenters. The normalized spacial score (nSPS) is 20.6. The molecular formula is C10H10BrClN2OS. The first-order chi connectivity index (χ1) is 7.61. The van der Waals surface area contributed by atoms with Crippen molar-refractivity contribution in [2.75, 3.05) is 17.2 Å². The number of carbonyl (C=O) groups is 1. The van der Waals surface area contributed by atoms with Gasteiger partial charge in [0, 0.05) is 25.2 Å². The number of anilines is 1. The van der Waals surface area contributed by atoms with Crippen LogP contribution in [0.2, 0.25) is 5.02 Å². The van der Waals surface area contributed by atoms with Gasteiger partial charge in [0.25, 0.3) is 0 Å². The van der Waals surface area contributed by atoms with Gasteiger partial charge >= 0.3 is 0 Å². The van der Waals surface area contributed by atoms with E-state index in [2.05, 4.69) is 33.5 Å². The number of carbonyl (C=O) groups excluding carboxylic acids is 1. The van der Waals surface area contributed by atoms with E-state index in [9.17, 15) is 4.79 Å². The third-order valence-electron chi connectivity index (χ3n) is 2.53. The summed E-state index contributed by atoms with van der Waals surface area (Å²) in [5, 5.41) is 0.562. The predicted molar refractivity (Wildman–Crippen MR) is 71.3 cm³/mol. The summed E-state index contributed by atoms with van der Waals surface area (Å²) < 4.78 is 0.732. The summed E-state index contributed by atoms with van der Waals surface area (Å²) in [7, 11) is 0. The maximum Gasteiger partial charge on any atom is 0.228 e. The summed E-state index contributed by atoms with van der Waals surface area (Å²) in [4.78, 5) is 17.6. The Morgan fingerprint density at radius 1 is 1.69 bits per heavy atom. The molecule has 1 aromatic rings. The number of amides is 1. The molecule has 1 saturated heterocycles. The first-order valence-electron chi connectivity index (χ1n) is 4.84. The SMILES string of the molecule is O=C1CC(CS)CN1c1cc(Cl)c(Br)cn1. The molecule has 1 fully saturated rings. The lowest BCUT2D eigenvalue weighted by Crippen LogP contribution is -2.25. The summed E-state index contributed by atoms with van der Waals surface area (Å²) in [5.74, 6) is 1.72. The Morgan fingerprint density at radius 2 is 2.44 bits per heavy atom. The van der Waals surface area contributed by atoms with E-state index in [0.29, 0.717) is 35.5 Å². The Morgan fingerprint density at radius 3 is 3.00 bits per heavy atom. The number of hydrogen-bond donors (Lipinski definition) is 1. The maximum atomic E-state index is 11.7. The zero-order valence-electron chi connectivity index (χ0n) is 8.36. The molecule has 1 aliphatic heterocycles. The highest BCUT2D eigenvalue weighted by Gasteiger charge is 2.30. The van der Waals surface area contributed by atoms with Crippen molar-refractivity contribution in [2.24, 2.45) is 5.92 Å². The first-order valence-corrected chi connectivity index (χ1v) is 6.64. The van der Waals surface area contributed by atoms with E-state index in [1.165, 1.54) is 0 Å². The second-order valence-electron chi connectivity index (χ2n) is 3.71. The fourth-order valence-electron chi connectivity index (χ4n) is 1.68. The lowest BCUT2D eigenvalue weighted by atomic mass is 10.1. The third-order valence-corrected chi connectivity index (χ3v) is 4.22. The summed E-state index contributed by atoms with van der Waals surface area (Å²) in [5.41, 5.74) is 0. The van der Waals surface area contributed by atoms with Gasteiger partial charge in [-0.25, -0.2) is 4.98 Å². The van der Waals surface area contributed by atoms with Crippen LogP contribution in [0.4, 0.5) is 5.82 Å². The van der Waals surface area contributed by atoms with E-state index < -0.39 is 0 Å². The van der Waals surface area contributed by atoms with Crippen molar-refractivity contribution >= 4 is 51.9 Å². The van der Waals surface area contributed by atoms with Crippen LogP contribution in [0.5, 0.6) is 0 Å². The minimum absolute atomic E-state index is 0.0879. The van der Waals surface area contributed by atoms with Gasteiger partial charge in [0.2, 0.25) is 5.91 Å². The van der Waals surface area contributed by atoms with Gasteiger partial charge in [-0.2, -0.15) is 12.6 Å². The smallest absolute Gasteiger partial charge is 0.228 e. The number of hydrogen-bond acceptors (Lipinski definition) is 3. The van der Waals surface area contributed by atoms with Crippen LogP contribution >= 0.6 is 40.2 Å². The van der Waals surface area contributed by atoms with E-state index in [1.807, 2.05) is 0 Å². The summed E-state index contributed by atoms with van der Waals surface area (Å²) in [6.07, 6.45) is 2.15. The van der Waals surface area contributed by atoms with Crippen molar-refractivity contribution in [2.45, 2.75) is 6.42 Å². The Balaban J connectivity index is 2.24. The maximum absolute atomic E-state index is 11.7. The number of pyridine rings is 1. The molecule has 0 aliphatic carbocycles.